The Morgan fingerprint density at radius 1 is 1.25 bits per heavy atom. The monoisotopic (exact) mass is 334 g/mol. The number of rotatable bonds is 3. The minimum absolute atomic E-state index is 0.0303. The molecule has 0 saturated carbocycles. The van der Waals surface area contributed by atoms with Crippen LogP contribution in [0.2, 0.25) is 0 Å². The third-order valence-corrected chi connectivity index (χ3v) is 5.19. The van der Waals surface area contributed by atoms with Gasteiger partial charge in [0, 0.05) is 32.6 Å². The lowest BCUT2D eigenvalue weighted by Crippen LogP contribution is -2.56. The molecule has 9 heteroatoms. The lowest BCUT2D eigenvalue weighted by molar-refractivity contribution is -0.145. The Bertz CT molecular complexity index is 699. The predicted octanol–water partition coefficient (Wildman–Crippen LogP) is 0.0767. The summed E-state index contributed by atoms with van der Waals surface area (Å²) in [5.74, 6) is -2.44. The van der Waals surface area contributed by atoms with Gasteiger partial charge in [-0.25, -0.2) is 14.8 Å². The highest BCUT2D eigenvalue weighted by Gasteiger charge is 2.55. The second-order valence-corrected chi connectivity index (χ2v) is 6.20. The fourth-order valence-electron chi connectivity index (χ4n) is 3.74. The van der Waals surface area contributed by atoms with Crippen LogP contribution in [0.4, 0.5) is 5.82 Å². The van der Waals surface area contributed by atoms with E-state index < -0.39 is 23.4 Å². The van der Waals surface area contributed by atoms with Crippen LogP contribution in [0.15, 0.2) is 12.4 Å². The van der Waals surface area contributed by atoms with Gasteiger partial charge in [-0.15, -0.1) is 0 Å². The van der Waals surface area contributed by atoms with Crippen LogP contribution in [0.5, 0.6) is 0 Å². The first kappa shape index (κ1) is 16.2. The van der Waals surface area contributed by atoms with Crippen LogP contribution in [-0.2, 0) is 9.59 Å². The molecule has 2 N–H and O–H groups in total. The zero-order valence-corrected chi connectivity index (χ0v) is 13.2. The van der Waals surface area contributed by atoms with E-state index in [0.717, 1.165) is 0 Å². The number of likely N-dealkylation sites (tertiary alicyclic amines) is 1. The van der Waals surface area contributed by atoms with Crippen molar-refractivity contribution in [3.05, 3.63) is 18.1 Å². The molecule has 0 bridgehead atoms. The van der Waals surface area contributed by atoms with Gasteiger partial charge in [0.1, 0.15) is 12.1 Å². The Labute approximate surface area is 137 Å². The second kappa shape index (κ2) is 5.73. The number of piperidine rings is 1. The summed E-state index contributed by atoms with van der Waals surface area (Å²) in [6.45, 7) is 0.995. The summed E-state index contributed by atoms with van der Waals surface area (Å²) in [6, 6.07) is 1.40. The van der Waals surface area contributed by atoms with E-state index in [4.69, 9.17) is 5.11 Å². The Balaban J connectivity index is 1.80. The number of hydrogen-bond acceptors (Lipinski definition) is 6. The molecule has 1 aromatic rings. The van der Waals surface area contributed by atoms with Gasteiger partial charge in [-0.05, 0) is 12.8 Å². The maximum absolute atomic E-state index is 12.0. The van der Waals surface area contributed by atoms with Crippen molar-refractivity contribution in [1.29, 1.82) is 0 Å². The third kappa shape index (κ3) is 2.45. The SMILES string of the molecule is CN1C(=O)C[C@@H](C(=O)O)C12CCN(c1cc(C(=O)O)ncn1)CC2. The molecule has 0 aliphatic carbocycles. The third-order valence-electron chi connectivity index (χ3n) is 5.19. The number of amides is 1. The van der Waals surface area contributed by atoms with E-state index in [1.54, 1.807) is 11.9 Å². The molecule has 9 nitrogen and oxygen atoms in total. The van der Waals surface area contributed by atoms with Crippen LogP contribution >= 0.6 is 0 Å². The summed E-state index contributed by atoms with van der Waals surface area (Å²) in [4.78, 5) is 45.8. The Hall–Kier alpha value is -2.71. The molecule has 2 fully saturated rings. The number of hydrogen-bond donors (Lipinski definition) is 2. The van der Waals surface area contributed by atoms with Gasteiger partial charge in [-0.2, -0.15) is 0 Å². The van der Waals surface area contributed by atoms with Crippen molar-refractivity contribution >= 4 is 23.7 Å². The first-order valence-electron chi connectivity index (χ1n) is 7.65. The van der Waals surface area contributed by atoms with Crippen LogP contribution in [0.1, 0.15) is 29.8 Å². The topological polar surface area (TPSA) is 124 Å². The highest BCUT2D eigenvalue weighted by atomic mass is 16.4. The molecular weight excluding hydrogens is 316 g/mol. The van der Waals surface area contributed by atoms with Gasteiger partial charge in [0.15, 0.2) is 5.69 Å². The fraction of sp³-hybridized carbons (Fsp3) is 0.533. The molecule has 1 aromatic heterocycles. The molecule has 1 spiro atoms. The second-order valence-electron chi connectivity index (χ2n) is 6.20. The molecule has 3 heterocycles. The molecule has 3 rings (SSSR count). The van der Waals surface area contributed by atoms with Gasteiger partial charge in [-0.1, -0.05) is 0 Å². The summed E-state index contributed by atoms with van der Waals surface area (Å²) in [5.41, 5.74) is -0.765. The average Bonchev–Trinajstić information content (AvgIpc) is 2.81. The van der Waals surface area contributed by atoms with E-state index in [1.165, 1.54) is 12.4 Å². The Kier molecular flexibility index (Phi) is 3.86. The van der Waals surface area contributed by atoms with Gasteiger partial charge in [0.2, 0.25) is 5.91 Å². The van der Waals surface area contributed by atoms with Crippen LogP contribution < -0.4 is 4.90 Å². The Morgan fingerprint density at radius 2 is 1.92 bits per heavy atom. The van der Waals surface area contributed by atoms with Gasteiger partial charge < -0.3 is 20.0 Å². The number of nitrogens with zero attached hydrogens (tertiary/aromatic N) is 4. The van der Waals surface area contributed by atoms with E-state index >= 15 is 0 Å². The highest BCUT2D eigenvalue weighted by molar-refractivity contribution is 5.88. The summed E-state index contributed by atoms with van der Waals surface area (Å²) >= 11 is 0. The maximum Gasteiger partial charge on any atom is 0.354 e. The molecule has 1 amide bonds. The minimum atomic E-state index is -1.13. The number of carbonyl (C=O) groups is 3. The lowest BCUT2D eigenvalue weighted by atomic mass is 9.77. The zero-order valence-electron chi connectivity index (χ0n) is 13.2. The van der Waals surface area contributed by atoms with Crippen LogP contribution in [0.3, 0.4) is 0 Å². The normalized spacial score (nSPS) is 22.9. The number of carbonyl (C=O) groups excluding carboxylic acids is 1. The van der Waals surface area contributed by atoms with Crippen LogP contribution in [0.25, 0.3) is 0 Å². The zero-order chi connectivity index (χ0) is 17.5. The molecule has 0 radical (unpaired) electrons. The minimum Gasteiger partial charge on any atom is -0.481 e. The van der Waals surface area contributed by atoms with E-state index in [-0.39, 0.29) is 18.0 Å². The lowest BCUT2D eigenvalue weighted by Gasteiger charge is -2.45. The van der Waals surface area contributed by atoms with Crippen LogP contribution in [0, 0.1) is 5.92 Å². The van der Waals surface area contributed by atoms with E-state index in [1.807, 2.05) is 4.90 Å². The number of aliphatic carboxylic acids is 1. The standard InChI is InChI=1S/C15H18N4O5/c1-18-12(20)6-9(13(21)22)15(18)2-4-19(5-3-15)11-7-10(14(23)24)16-8-17-11/h7-9H,2-6H2,1H3,(H,21,22)(H,23,24)/t9-/m0/s1. The molecule has 2 aliphatic heterocycles. The quantitative estimate of drug-likeness (QED) is 0.796. The summed E-state index contributed by atoms with van der Waals surface area (Å²) in [7, 11) is 1.66. The number of carboxylic acid groups (broad SMARTS) is 2. The number of aromatic nitrogens is 2. The van der Waals surface area contributed by atoms with Crippen LogP contribution in [-0.4, -0.2) is 68.6 Å². The smallest absolute Gasteiger partial charge is 0.354 e. The number of carboxylic acids is 2. The van der Waals surface area contributed by atoms with E-state index in [9.17, 15) is 19.5 Å². The Morgan fingerprint density at radius 3 is 2.50 bits per heavy atom. The molecular formula is C15H18N4O5. The van der Waals surface area contributed by atoms with Crippen molar-refractivity contribution in [3.8, 4) is 0 Å². The van der Waals surface area contributed by atoms with Crippen molar-refractivity contribution < 1.29 is 24.6 Å². The summed E-state index contributed by atoms with van der Waals surface area (Å²) in [6.07, 6.45) is 2.23. The fourth-order valence-corrected chi connectivity index (χ4v) is 3.74. The molecule has 1 atom stereocenters. The van der Waals surface area contributed by atoms with Crippen molar-refractivity contribution in [2.75, 3.05) is 25.0 Å². The predicted molar refractivity (Wildman–Crippen MR) is 81.7 cm³/mol. The number of anilines is 1. The summed E-state index contributed by atoms with van der Waals surface area (Å²) < 4.78 is 0. The van der Waals surface area contributed by atoms with Crippen molar-refractivity contribution in [1.82, 2.24) is 14.9 Å². The molecule has 0 unspecified atom stereocenters. The molecule has 128 valence electrons. The first-order chi connectivity index (χ1) is 11.3. The van der Waals surface area contributed by atoms with Gasteiger partial charge >= 0.3 is 11.9 Å². The molecule has 24 heavy (non-hydrogen) atoms. The maximum atomic E-state index is 12.0. The largest absolute Gasteiger partial charge is 0.481 e. The molecule has 2 saturated heterocycles. The van der Waals surface area contributed by atoms with Gasteiger partial charge in [-0.3, -0.25) is 9.59 Å². The number of aromatic carboxylic acids is 1. The van der Waals surface area contributed by atoms with E-state index in [2.05, 4.69) is 9.97 Å². The summed E-state index contributed by atoms with van der Waals surface area (Å²) in [5, 5.41) is 18.5. The van der Waals surface area contributed by atoms with Crippen molar-refractivity contribution in [2.24, 2.45) is 5.92 Å². The van der Waals surface area contributed by atoms with Gasteiger partial charge in [0.05, 0.1) is 11.5 Å². The average molecular weight is 334 g/mol. The molecule has 0 aromatic carbocycles. The van der Waals surface area contributed by atoms with Gasteiger partial charge in [0.25, 0.3) is 0 Å². The first-order valence-corrected chi connectivity index (χ1v) is 7.65. The van der Waals surface area contributed by atoms with Crippen molar-refractivity contribution in [2.45, 2.75) is 24.8 Å². The molecule has 2 aliphatic rings. The highest BCUT2D eigenvalue weighted by Crippen LogP contribution is 2.43. The van der Waals surface area contributed by atoms with E-state index in [0.29, 0.717) is 31.7 Å². The van der Waals surface area contributed by atoms with Crippen molar-refractivity contribution in [3.63, 3.8) is 0 Å².